The maximum absolute atomic E-state index is 5.25. The van der Waals surface area contributed by atoms with Gasteiger partial charge in [0.2, 0.25) is 5.95 Å². The highest BCUT2D eigenvalue weighted by Crippen LogP contribution is 2.42. The van der Waals surface area contributed by atoms with Crippen molar-refractivity contribution < 1.29 is 0 Å². The Kier molecular flexibility index (Phi) is 7.71. The second kappa shape index (κ2) is 13.5. The first-order chi connectivity index (χ1) is 28.3. The Labute approximate surface area is 329 Å². The predicted octanol–water partition coefficient (Wildman–Crippen LogP) is 12.9. The van der Waals surface area contributed by atoms with Gasteiger partial charge >= 0.3 is 0 Å². The molecule has 0 radical (unpaired) electrons. The van der Waals surface area contributed by atoms with Crippen molar-refractivity contribution in [2.75, 3.05) is 4.90 Å². The Morgan fingerprint density at radius 2 is 0.877 bits per heavy atom. The molecule has 3 heterocycles. The first kappa shape index (κ1) is 32.6. The Morgan fingerprint density at radius 3 is 1.56 bits per heavy atom. The molecule has 6 heteroatoms. The molecule has 3 aromatic heterocycles. The first-order valence-corrected chi connectivity index (χ1v) is 19.1. The Bertz CT molecular complexity index is 3190. The van der Waals surface area contributed by atoms with Crippen LogP contribution < -0.4 is 4.90 Å². The van der Waals surface area contributed by atoms with Gasteiger partial charge in [0.15, 0.2) is 11.6 Å². The smallest absolute Gasteiger partial charge is 0.238 e. The normalized spacial score (nSPS) is 11.5. The summed E-state index contributed by atoms with van der Waals surface area (Å²) in [7, 11) is 0. The van der Waals surface area contributed by atoms with Crippen molar-refractivity contribution in [2.45, 2.75) is 0 Å². The van der Waals surface area contributed by atoms with Crippen LogP contribution in [0.15, 0.2) is 206 Å². The van der Waals surface area contributed by atoms with Crippen molar-refractivity contribution in [3.05, 3.63) is 206 Å². The standard InChI is InChI=1S/C51H34N6/c1-5-18-35(19-6-1)49-52-50(54-51(53-49)55(37-21-7-2-8-22-37)38-23-9-3-10-24-38)36-20-17-27-40(34-36)57-44-30-15-13-28-41(44)42-32-33-46-47(48(42)57)43-29-14-16-31-45(43)56(46)39-25-11-4-12-26-39/h1-34H. The zero-order valence-corrected chi connectivity index (χ0v) is 30.8. The van der Waals surface area contributed by atoms with E-state index in [9.17, 15) is 0 Å². The molecule has 0 spiro atoms. The number of nitrogens with zero attached hydrogens (tertiary/aromatic N) is 6. The van der Waals surface area contributed by atoms with E-state index >= 15 is 0 Å². The summed E-state index contributed by atoms with van der Waals surface area (Å²) in [6.07, 6.45) is 0. The van der Waals surface area contributed by atoms with Gasteiger partial charge in [0.25, 0.3) is 0 Å². The summed E-state index contributed by atoms with van der Waals surface area (Å²) in [5, 5.41) is 4.82. The highest BCUT2D eigenvalue weighted by molar-refractivity contribution is 6.26. The van der Waals surface area contributed by atoms with Crippen LogP contribution in [0.25, 0.3) is 77.8 Å². The van der Waals surface area contributed by atoms with Crippen LogP contribution >= 0.6 is 0 Å². The minimum Gasteiger partial charge on any atom is -0.309 e. The van der Waals surface area contributed by atoms with E-state index in [1.807, 2.05) is 66.7 Å². The molecular formula is C51H34N6. The summed E-state index contributed by atoms with van der Waals surface area (Å²) < 4.78 is 4.80. The van der Waals surface area contributed by atoms with Gasteiger partial charge in [-0.25, -0.2) is 4.98 Å². The molecule has 0 N–H and O–H groups in total. The molecular weight excluding hydrogens is 697 g/mol. The van der Waals surface area contributed by atoms with E-state index in [0.717, 1.165) is 50.4 Å². The van der Waals surface area contributed by atoms with Crippen molar-refractivity contribution in [1.29, 1.82) is 0 Å². The maximum atomic E-state index is 5.25. The van der Waals surface area contributed by atoms with Crippen molar-refractivity contribution in [3.8, 4) is 34.2 Å². The molecule has 0 amide bonds. The molecule has 0 atom stereocenters. The molecule has 6 nitrogen and oxygen atoms in total. The number of hydrogen-bond donors (Lipinski definition) is 0. The summed E-state index contributed by atoms with van der Waals surface area (Å²) in [6, 6.07) is 71.9. The van der Waals surface area contributed by atoms with Gasteiger partial charge in [-0.15, -0.1) is 0 Å². The molecule has 0 saturated heterocycles. The van der Waals surface area contributed by atoms with E-state index < -0.39 is 0 Å². The van der Waals surface area contributed by atoms with Gasteiger partial charge < -0.3 is 9.13 Å². The number of benzene rings is 8. The van der Waals surface area contributed by atoms with Crippen molar-refractivity contribution in [1.82, 2.24) is 24.1 Å². The number of para-hydroxylation sites is 5. The minimum atomic E-state index is 0.536. The summed E-state index contributed by atoms with van der Waals surface area (Å²) in [4.78, 5) is 17.6. The molecule has 11 rings (SSSR count). The fraction of sp³-hybridized carbons (Fsp3) is 0. The molecule has 57 heavy (non-hydrogen) atoms. The maximum Gasteiger partial charge on any atom is 0.238 e. The van der Waals surface area contributed by atoms with Crippen LogP contribution in [0.2, 0.25) is 0 Å². The van der Waals surface area contributed by atoms with Gasteiger partial charge in [0.1, 0.15) is 0 Å². The number of aromatic nitrogens is 5. The lowest BCUT2D eigenvalue weighted by atomic mass is 10.1. The van der Waals surface area contributed by atoms with E-state index in [1.54, 1.807) is 0 Å². The molecule has 268 valence electrons. The number of anilines is 3. The lowest BCUT2D eigenvalue weighted by molar-refractivity contribution is 1.02. The quantitative estimate of drug-likeness (QED) is 0.164. The van der Waals surface area contributed by atoms with Crippen molar-refractivity contribution in [2.24, 2.45) is 0 Å². The molecule has 0 bridgehead atoms. The lowest BCUT2D eigenvalue weighted by Gasteiger charge is -2.24. The molecule has 0 aliphatic rings. The van der Waals surface area contributed by atoms with Crippen molar-refractivity contribution in [3.63, 3.8) is 0 Å². The van der Waals surface area contributed by atoms with E-state index in [-0.39, 0.29) is 0 Å². The van der Waals surface area contributed by atoms with Crippen LogP contribution in [-0.4, -0.2) is 24.1 Å². The molecule has 0 saturated carbocycles. The third-order valence-electron chi connectivity index (χ3n) is 10.7. The first-order valence-electron chi connectivity index (χ1n) is 19.1. The molecule has 0 aliphatic heterocycles. The summed E-state index contributed by atoms with van der Waals surface area (Å²) in [6.45, 7) is 0. The van der Waals surface area contributed by atoms with Crippen LogP contribution in [0.1, 0.15) is 0 Å². The summed E-state index contributed by atoms with van der Waals surface area (Å²) in [5.41, 5.74) is 10.5. The van der Waals surface area contributed by atoms with E-state index in [1.165, 1.54) is 27.1 Å². The van der Waals surface area contributed by atoms with Gasteiger partial charge in [-0.1, -0.05) is 140 Å². The van der Waals surface area contributed by atoms with Crippen LogP contribution in [0.5, 0.6) is 0 Å². The third-order valence-corrected chi connectivity index (χ3v) is 10.7. The fourth-order valence-corrected chi connectivity index (χ4v) is 8.26. The Balaban J connectivity index is 1.17. The minimum absolute atomic E-state index is 0.536. The van der Waals surface area contributed by atoms with Gasteiger partial charge in [-0.05, 0) is 66.7 Å². The van der Waals surface area contributed by atoms with Crippen LogP contribution in [0, 0.1) is 0 Å². The zero-order chi connectivity index (χ0) is 37.7. The molecule has 0 unspecified atom stereocenters. The molecule has 11 aromatic rings. The van der Waals surface area contributed by atoms with Gasteiger partial charge in [0.05, 0.1) is 22.1 Å². The number of rotatable bonds is 7. The highest BCUT2D eigenvalue weighted by Gasteiger charge is 2.22. The second-order valence-corrected chi connectivity index (χ2v) is 14.1. The van der Waals surface area contributed by atoms with E-state index in [2.05, 4.69) is 154 Å². The predicted molar refractivity (Wildman–Crippen MR) is 234 cm³/mol. The van der Waals surface area contributed by atoms with Crippen LogP contribution in [-0.2, 0) is 0 Å². The number of fused-ring (bicyclic) bond motifs is 7. The highest BCUT2D eigenvalue weighted by atomic mass is 15.3. The number of hydrogen-bond acceptors (Lipinski definition) is 4. The lowest BCUT2D eigenvalue weighted by Crippen LogP contribution is -2.15. The Hall–Kier alpha value is -7.83. The average molecular weight is 731 g/mol. The topological polar surface area (TPSA) is 51.8 Å². The Morgan fingerprint density at radius 1 is 0.351 bits per heavy atom. The average Bonchev–Trinajstić information content (AvgIpc) is 3.81. The molecule has 0 fully saturated rings. The largest absolute Gasteiger partial charge is 0.309 e. The summed E-state index contributed by atoms with van der Waals surface area (Å²) in [5.74, 6) is 1.73. The third kappa shape index (κ3) is 5.46. The van der Waals surface area contributed by atoms with Gasteiger partial charge in [0, 0.05) is 55.4 Å². The fourth-order valence-electron chi connectivity index (χ4n) is 8.26. The molecule has 0 aliphatic carbocycles. The molecule has 8 aromatic carbocycles. The van der Waals surface area contributed by atoms with Crippen LogP contribution in [0.4, 0.5) is 17.3 Å². The van der Waals surface area contributed by atoms with E-state index in [0.29, 0.717) is 17.6 Å². The van der Waals surface area contributed by atoms with Gasteiger partial charge in [-0.2, -0.15) is 9.97 Å². The monoisotopic (exact) mass is 730 g/mol. The summed E-state index contributed by atoms with van der Waals surface area (Å²) >= 11 is 0. The van der Waals surface area contributed by atoms with Gasteiger partial charge in [-0.3, -0.25) is 4.90 Å². The van der Waals surface area contributed by atoms with Crippen LogP contribution in [0.3, 0.4) is 0 Å². The second-order valence-electron chi connectivity index (χ2n) is 14.1. The zero-order valence-electron chi connectivity index (χ0n) is 30.8. The van der Waals surface area contributed by atoms with E-state index in [4.69, 9.17) is 15.0 Å². The SMILES string of the molecule is c1ccc(-c2nc(-c3cccc(-n4c5ccccc5c5ccc6c(c7ccccc7n6-c6ccccc6)c54)c3)nc(N(c3ccccc3)c3ccccc3)n2)cc1. The van der Waals surface area contributed by atoms with Crippen molar-refractivity contribution >= 4 is 60.9 Å².